The Labute approximate surface area is 238 Å². The van der Waals surface area contributed by atoms with Crippen LogP contribution < -0.4 is 11.2 Å². The molecule has 4 aliphatic carbocycles. The molecule has 13 heteroatoms. The van der Waals surface area contributed by atoms with E-state index in [1.54, 1.807) is 32.7 Å². The zero-order chi connectivity index (χ0) is 30.6. The molecule has 1 aromatic heterocycles. The SMILES string of the molecule is CC1(C)O[C@@H]2CC3C4CC=C5CC(=O)C=CC5(C)[C@@]4(F)[C@@H](O)CC3(C)[C@]2(C(=O)COC(=O)n2cc(F)c(=O)[nH]c2=O)O1. The van der Waals surface area contributed by atoms with Crippen molar-refractivity contribution in [3.05, 3.63) is 56.7 Å². The maximum absolute atomic E-state index is 17.5. The number of nitrogens with zero attached hydrogens (tertiary/aromatic N) is 1. The van der Waals surface area contributed by atoms with Gasteiger partial charge in [0.1, 0.15) is 0 Å². The number of hydrogen-bond donors (Lipinski definition) is 2. The zero-order valence-corrected chi connectivity index (χ0v) is 23.6. The Bertz CT molecular complexity index is 1600. The van der Waals surface area contributed by atoms with Crippen LogP contribution in [0.15, 0.2) is 39.6 Å². The van der Waals surface area contributed by atoms with Gasteiger partial charge in [0.2, 0.25) is 11.6 Å². The van der Waals surface area contributed by atoms with E-state index in [2.05, 4.69) is 0 Å². The number of aromatic nitrogens is 2. The van der Waals surface area contributed by atoms with Crippen molar-refractivity contribution < 1.29 is 42.5 Å². The number of allylic oxidation sites excluding steroid dienone is 4. The lowest BCUT2D eigenvalue weighted by atomic mass is 9.45. The van der Waals surface area contributed by atoms with Crippen LogP contribution in [0.1, 0.15) is 53.4 Å². The third-order valence-corrected chi connectivity index (χ3v) is 10.4. The predicted molar refractivity (Wildman–Crippen MR) is 140 cm³/mol. The van der Waals surface area contributed by atoms with E-state index in [4.69, 9.17) is 14.2 Å². The fraction of sp³-hybridized carbons (Fsp3) is 0.621. The molecular weight excluding hydrogens is 558 g/mol. The molecule has 2 saturated carbocycles. The number of H-pyrrole nitrogens is 1. The standard InChI is InChI=1S/C29H32F2N2O9/c1-25(2)41-21-10-17-16-6-5-14-9-15(34)7-8-26(14,3)28(16,31)19(35)11-27(17,4)29(21,42-25)20(36)13-40-24(39)33-12-18(30)22(37)32-23(33)38/h5,7-8,12,16-17,19,21,35H,6,9-11,13H2,1-4H3,(H,32,37,38)/t16?,17?,19-,21+,26?,27?,28-,29+/m0/s1. The second kappa shape index (κ2) is 8.87. The Balaban J connectivity index is 1.36. The van der Waals surface area contributed by atoms with Gasteiger partial charge in [-0.2, -0.15) is 4.39 Å². The monoisotopic (exact) mass is 590 g/mol. The van der Waals surface area contributed by atoms with Gasteiger partial charge in [0.05, 0.1) is 18.4 Å². The molecule has 0 amide bonds. The van der Waals surface area contributed by atoms with Crippen LogP contribution in [0.3, 0.4) is 0 Å². The lowest BCUT2D eigenvalue weighted by Gasteiger charge is -2.62. The van der Waals surface area contributed by atoms with Crippen LogP contribution in [-0.2, 0) is 23.8 Å². The Kier molecular flexibility index (Phi) is 6.08. The first-order valence-corrected chi connectivity index (χ1v) is 13.9. The molecule has 6 rings (SSSR count). The van der Waals surface area contributed by atoms with Gasteiger partial charge >= 0.3 is 11.8 Å². The van der Waals surface area contributed by atoms with E-state index >= 15 is 4.39 Å². The van der Waals surface area contributed by atoms with Crippen molar-refractivity contribution >= 4 is 17.7 Å². The minimum atomic E-state index is -2.14. The number of alkyl halides is 1. The maximum atomic E-state index is 17.5. The molecule has 4 unspecified atom stereocenters. The number of aromatic amines is 1. The highest BCUT2D eigenvalue weighted by Crippen LogP contribution is 2.71. The molecule has 42 heavy (non-hydrogen) atoms. The minimum Gasteiger partial charge on any atom is -0.441 e. The zero-order valence-electron chi connectivity index (χ0n) is 23.6. The van der Waals surface area contributed by atoms with Crippen molar-refractivity contribution in [2.45, 2.75) is 82.6 Å². The summed E-state index contributed by atoms with van der Waals surface area (Å²) in [5, 5.41) is 11.6. The number of carbonyl (C=O) groups excluding carboxylic acids is 3. The fourth-order valence-electron chi connectivity index (χ4n) is 8.60. The Morgan fingerprint density at radius 2 is 1.90 bits per heavy atom. The second-order valence-electron chi connectivity index (χ2n) is 12.9. The first-order chi connectivity index (χ1) is 19.5. The maximum Gasteiger partial charge on any atom is 0.422 e. The molecule has 11 nitrogen and oxygen atoms in total. The van der Waals surface area contributed by atoms with E-state index in [0.717, 1.165) is 0 Å². The number of ether oxygens (including phenoxy) is 3. The smallest absolute Gasteiger partial charge is 0.422 e. The number of hydrogen-bond acceptors (Lipinski definition) is 9. The van der Waals surface area contributed by atoms with Gasteiger partial charge in [-0.25, -0.2) is 18.5 Å². The molecule has 5 aliphatic rings. The number of halogens is 2. The average molecular weight is 591 g/mol. The van der Waals surface area contributed by atoms with Crippen LogP contribution in [0.25, 0.3) is 0 Å². The molecule has 0 aromatic carbocycles. The number of carbonyl (C=O) groups is 3. The quantitative estimate of drug-likeness (QED) is 0.504. The summed E-state index contributed by atoms with van der Waals surface area (Å²) in [6, 6.07) is 0. The van der Waals surface area contributed by atoms with E-state index in [9.17, 15) is 33.5 Å². The van der Waals surface area contributed by atoms with E-state index < -0.39 is 87.5 Å². The lowest BCUT2D eigenvalue weighted by Crippen LogP contribution is -2.69. The molecule has 2 heterocycles. The highest BCUT2D eigenvalue weighted by molar-refractivity contribution is 5.94. The van der Waals surface area contributed by atoms with Gasteiger partial charge in [0.25, 0.3) is 5.56 Å². The summed E-state index contributed by atoms with van der Waals surface area (Å²) in [5.41, 5.74) is -8.25. The molecule has 2 N–H and O–H groups in total. The van der Waals surface area contributed by atoms with Crippen LogP contribution in [0.5, 0.6) is 0 Å². The summed E-state index contributed by atoms with van der Waals surface area (Å²) in [4.78, 5) is 63.8. The summed E-state index contributed by atoms with van der Waals surface area (Å²) < 4.78 is 49.0. The third-order valence-electron chi connectivity index (χ3n) is 10.4. The van der Waals surface area contributed by atoms with Gasteiger partial charge in [0, 0.05) is 23.2 Å². The van der Waals surface area contributed by atoms with Crippen molar-refractivity contribution in [2.75, 3.05) is 6.61 Å². The highest BCUT2D eigenvalue weighted by atomic mass is 19.1. The van der Waals surface area contributed by atoms with Crippen molar-refractivity contribution in [2.24, 2.45) is 22.7 Å². The second-order valence-corrected chi connectivity index (χ2v) is 12.9. The van der Waals surface area contributed by atoms with Crippen molar-refractivity contribution in [1.82, 2.24) is 9.55 Å². The number of Topliss-reactive ketones (excluding diaryl/α,β-unsaturated/α-hetero) is 1. The van der Waals surface area contributed by atoms with Crippen LogP contribution in [0.4, 0.5) is 13.6 Å². The molecular formula is C29H32F2N2O9. The van der Waals surface area contributed by atoms with Crippen molar-refractivity contribution in [3.63, 3.8) is 0 Å². The molecule has 1 aliphatic heterocycles. The summed E-state index contributed by atoms with van der Waals surface area (Å²) in [6.07, 6.45) is 1.62. The summed E-state index contributed by atoms with van der Waals surface area (Å²) >= 11 is 0. The van der Waals surface area contributed by atoms with E-state index in [-0.39, 0.29) is 36.0 Å². The van der Waals surface area contributed by atoms with Gasteiger partial charge < -0.3 is 19.3 Å². The number of rotatable bonds is 3. The van der Waals surface area contributed by atoms with Crippen LogP contribution in [0.2, 0.25) is 0 Å². The number of aliphatic hydroxyl groups is 1. The lowest BCUT2D eigenvalue weighted by molar-refractivity contribution is -0.243. The van der Waals surface area contributed by atoms with E-state index in [0.29, 0.717) is 11.8 Å². The Morgan fingerprint density at radius 3 is 2.62 bits per heavy atom. The molecule has 0 bridgehead atoms. The summed E-state index contributed by atoms with van der Waals surface area (Å²) in [7, 11) is 0. The molecule has 0 radical (unpaired) electrons. The molecule has 1 saturated heterocycles. The number of nitrogens with one attached hydrogen (secondary N) is 1. The first-order valence-electron chi connectivity index (χ1n) is 13.9. The van der Waals surface area contributed by atoms with Gasteiger partial charge in [0.15, 0.2) is 29.4 Å². The number of aliphatic hydroxyl groups excluding tert-OH is 1. The van der Waals surface area contributed by atoms with Gasteiger partial charge in [-0.15, -0.1) is 0 Å². The third kappa shape index (κ3) is 3.56. The largest absolute Gasteiger partial charge is 0.441 e. The first kappa shape index (κ1) is 28.8. The number of ketones is 2. The normalized spacial score (nSPS) is 41.3. The van der Waals surface area contributed by atoms with Gasteiger partial charge in [-0.3, -0.25) is 19.4 Å². The minimum absolute atomic E-state index is 0.0686. The van der Waals surface area contributed by atoms with E-state index in [1.807, 2.05) is 6.08 Å². The Morgan fingerprint density at radius 1 is 1.19 bits per heavy atom. The fourth-order valence-corrected chi connectivity index (χ4v) is 8.60. The molecule has 8 atom stereocenters. The van der Waals surface area contributed by atoms with Gasteiger partial charge in [-0.05, 0) is 52.0 Å². The highest BCUT2D eigenvalue weighted by Gasteiger charge is 2.80. The average Bonchev–Trinajstić information content (AvgIpc) is 3.31. The van der Waals surface area contributed by atoms with Gasteiger partial charge in [-0.1, -0.05) is 24.6 Å². The molecule has 0 spiro atoms. The van der Waals surface area contributed by atoms with Crippen LogP contribution >= 0.6 is 0 Å². The van der Waals surface area contributed by atoms with Crippen LogP contribution in [-0.4, -0.2) is 68.2 Å². The molecule has 3 fully saturated rings. The summed E-state index contributed by atoms with van der Waals surface area (Å²) in [5.74, 6) is -4.78. The van der Waals surface area contributed by atoms with Crippen LogP contribution in [0, 0.1) is 28.5 Å². The number of fused-ring (bicyclic) bond motifs is 7. The molecule has 226 valence electrons. The summed E-state index contributed by atoms with van der Waals surface area (Å²) in [6.45, 7) is 5.76. The van der Waals surface area contributed by atoms with E-state index in [1.165, 1.54) is 12.2 Å². The topological polar surface area (TPSA) is 154 Å². The van der Waals surface area contributed by atoms with Crippen molar-refractivity contribution in [3.8, 4) is 0 Å². The molecule has 1 aromatic rings. The van der Waals surface area contributed by atoms with Crippen molar-refractivity contribution in [1.29, 1.82) is 0 Å². The Hall–Kier alpha value is -3.29. The predicted octanol–water partition coefficient (Wildman–Crippen LogP) is 2.10.